The molecule has 4 rings (SSSR count). The molecule has 8 nitrogen and oxygen atoms in total. The summed E-state index contributed by atoms with van der Waals surface area (Å²) >= 11 is 0. The van der Waals surface area contributed by atoms with Crippen LogP contribution >= 0.6 is 12.4 Å². The lowest BCUT2D eigenvalue weighted by atomic mass is 10.0. The number of amides is 1. The van der Waals surface area contributed by atoms with E-state index in [0.717, 1.165) is 12.3 Å². The minimum Gasteiger partial charge on any atom is -0.335 e. The minimum atomic E-state index is -3.34. The van der Waals surface area contributed by atoms with Crippen LogP contribution in [0.2, 0.25) is 0 Å². The Morgan fingerprint density at radius 2 is 1.74 bits per heavy atom. The Balaban J connectivity index is 0.00000342. The van der Waals surface area contributed by atoms with Crippen LogP contribution in [0, 0.1) is 17.5 Å². The van der Waals surface area contributed by atoms with Gasteiger partial charge in [-0.25, -0.2) is 26.3 Å². The molecule has 0 aliphatic carbocycles. The number of halogens is 4. The molecule has 2 heterocycles. The van der Waals surface area contributed by atoms with Gasteiger partial charge in [0.15, 0.2) is 21.5 Å². The first-order valence-corrected chi connectivity index (χ1v) is 12.3. The molecule has 1 aliphatic rings. The Labute approximate surface area is 206 Å². The fourth-order valence-electron chi connectivity index (χ4n) is 3.87. The zero-order valence-electron chi connectivity index (χ0n) is 18.6. The molecule has 3 aromatic rings. The Hall–Kier alpha value is -2.96. The number of carbonyl (C=O) groups is 1. The van der Waals surface area contributed by atoms with Gasteiger partial charge < -0.3 is 10.6 Å². The highest BCUT2D eigenvalue weighted by atomic mass is 35.5. The quantitative estimate of drug-likeness (QED) is 0.491. The molecule has 188 valence electrons. The SMILES string of the molecule is CS(=O)(=O)c1ccc(-c2nnn3c2CN(C(=O)C[C@H](N)Cc2cc(F)c(F)cc2F)CC3)cc1.Cl. The molecule has 1 amide bonds. The van der Waals surface area contributed by atoms with E-state index in [2.05, 4.69) is 10.3 Å². The maximum Gasteiger partial charge on any atom is 0.224 e. The topological polar surface area (TPSA) is 111 Å². The van der Waals surface area contributed by atoms with E-state index in [-0.39, 0.29) is 48.2 Å². The third kappa shape index (κ3) is 5.82. The molecule has 35 heavy (non-hydrogen) atoms. The predicted octanol–water partition coefficient (Wildman–Crippen LogP) is 2.49. The van der Waals surface area contributed by atoms with Gasteiger partial charge in [0.1, 0.15) is 11.5 Å². The van der Waals surface area contributed by atoms with Crippen molar-refractivity contribution in [2.75, 3.05) is 12.8 Å². The molecule has 0 fully saturated rings. The summed E-state index contributed by atoms with van der Waals surface area (Å²) in [5.74, 6) is -3.65. The number of hydrogen-bond acceptors (Lipinski definition) is 6. The molecule has 2 aromatic carbocycles. The highest BCUT2D eigenvalue weighted by molar-refractivity contribution is 7.90. The smallest absolute Gasteiger partial charge is 0.224 e. The Kier molecular flexibility index (Phi) is 7.87. The van der Waals surface area contributed by atoms with Gasteiger partial charge in [-0.1, -0.05) is 17.3 Å². The first kappa shape index (κ1) is 26.6. The van der Waals surface area contributed by atoms with Gasteiger partial charge in [0, 0.05) is 36.9 Å². The number of hydrogen-bond donors (Lipinski definition) is 1. The molecule has 1 atom stereocenters. The fourth-order valence-corrected chi connectivity index (χ4v) is 4.50. The Morgan fingerprint density at radius 1 is 1.09 bits per heavy atom. The van der Waals surface area contributed by atoms with E-state index in [9.17, 15) is 26.4 Å². The van der Waals surface area contributed by atoms with Crippen LogP contribution in [0.1, 0.15) is 17.7 Å². The number of carbonyl (C=O) groups excluding carboxylic acids is 1. The van der Waals surface area contributed by atoms with Gasteiger partial charge in [-0.05, 0) is 30.2 Å². The van der Waals surface area contributed by atoms with Crippen LogP contribution < -0.4 is 5.73 Å². The van der Waals surface area contributed by atoms with E-state index >= 15 is 0 Å². The maximum atomic E-state index is 13.9. The zero-order chi connectivity index (χ0) is 24.6. The van der Waals surface area contributed by atoms with Crippen molar-refractivity contribution in [2.24, 2.45) is 5.73 Å². The van der Waals surface area contributed by atoms with Gasteiger partial charge in [-0.3, -0.25) is 4.79 Å². The molecule has 0 saturated carbocycles. The number of benzene rings is 2. The summed E-state index contributed by atoms with van der Waals surface area (Å²) in [5.41, 5.74) is 7.79. The molecule has 13 heteroatoms. The largest absolute Gasteiger partial charge is 0.335 e. The van der Waals surface area contributed by atoms with E-state index in [1.165, 1.54) is 12.1 Å². The van der Waals surface area contributed by atoms with Crippen LogP contribution in [0.25, 0.3) is 11.3 Å². The van der Waals surface area contributed by atoms with Gasteiger partial charge in [-0.15, -0.1) is 17.5 Å². The van der Waals surface area contributed by atoms with Crippen molar-refractivity contribution in [3.8, 4) is 11.3 Å². The van der Waals surface area contributed by atoms with E-state index in [4.69, 9.17) is 5.73 Å². The monoisotopic (exact) mass is 529 g/mol. The summed E-state index contributed by atoms with van der Waals surface area (Å²) in [6, 6.07) is 6.66. The second-order valence-corrected chi connectivity index (χ2v) is 10.3. The van der Waals surface area contributed by atoms with Crippen LogP contribution in [-0.2, 0) is 34.1 Å². The van der Waals surface area contributed by atoms with Crippen molar-refractivity contribution in [1.29, 1.82) is 0 Å². The maximum absolute atomic E-state index is 13.9. The molecule has 0 bridgehead atoms. The standard InChI is InChI=1S/C22H22F3N5O3S.ClH/c1-34(32,33)16-4-2-13(3-5-16)22-20-12-29(6-7-30(20)28-27-22)21(31)10-15(26)8-14-9-18(24)19(25)11-17(14)23;/h2-5,9,11,15H,6-8,10,12,26H2,1H3;1H/t15-;/m1./s1. The van der Waals surface area contributed by atoms with Gasteiger partial charge in [0.25, 0.3) is 0 Å². The van der Waals surface area contributed by atoms with Gasteiger partial charge in [-0.2, -0.15) is 0 Å². The molecule has 1 aliphatic heterocycles. The first-order chi connectivity index (χ1) is 16.0. The van der Waals surface area contributed by atoms with Crippen molar-refractivity contribution in [1.82, 2.24) is 19.9 Å². The van der Waals surface area contributed by atoms with Crippen LogP contribution in [0.5, 0.6) is 0 Å². The average Bonchev–Trinajstić information content (AvgIpc) is 3.20. The lowest BCUT2D eigenvalue weighted by molar-refractivity contribution is -0.133. The molecule has 0 radical (unpaired) electrons. The molecule has 0 saturated heterocycles. The van der Waals surface area contributed by atoms with Crippen molar-refractivity contribution in [3.05, 3.63) is 65.1 Å². The van der Waals surface area contributed by atoms with Crippen molar-refractivity contribution in [2.45, 2.75) is 36.9 Å². The Bertz CT molecular complexity index is 1350. The van der Waals surface area contributed by atoms with E-state index < -0.39 is 33.3 Å². The van der Waals surface area contributed by atoms with Crippen LogP contribution in [0.3, 0.4) is 0 Å². The minimum absolute atomic E-state index is 0. The number of aromatic nitrogens is 3. The van der Waals surface area contributed by atoms with Crippen LogP contribution in [0.15, 0.2) is 41.3 Å². The summed E-state index contributed by atoms with van der Waals surface area (Å²) in [6.07, 6.45) is 0.885. The second kappa shape index (κ2) is 10.3. The highest BCUT2D eigenvalue weighted by Crippen LogP contribution is 2.26. The average molecular weight is 530 g/mol. The molecule has 0 spiro atoms. The van der Waals surface area contributed by atoms with Crippen molar-refractivity contribution in [3.63, 3.8) is 0 Å². The first-order valence-electron chi connectivity index (χ1n) is 10.4. The molecule has 2 N–H and O–H groups in total. The Morgan fingerprint density at radius 3 is 2.40 bits per heavy atom. The molecule has 1 aromatic heterocycles. The van der Waals surface area contributed by atoms with Gasteiger partial charge in [0.2, 0.25) is 5.91 Å². The number of sulfone groups is 1. The third-order valence-corrected chi connectivity index (χ3v) is 6.81. The number of rotatable bonds is 6. The normalized spacial score (nSPS) is 14.3. The summed E-state index contributed by atoms with van der Waals surface area (Å²) in [4.78, 5) is 14.6. The molecular weight excluding hydrogens is 507 g/mol. The second-order valence-electron chi connectivity index (χ2n) is 8.25. The van der Waals surface area contributed by atoms with Gasteiger partial charge in [0.05, 0.1) is 23.7 Å². The van der Waals surface area contributed by atoms with Crippen LogP contribution in [-0.4, -0.2) is 53.1 Å². The van der Waals surface area contributed by atoms with Crippen molar-refractivity contribution >= 4 is 28.2 Å². The fraction of sp³-hybridized carbons (Fsp3) is 0.318. The highest BCUT2D eigenvalue weighted by Gasteiger charge is 2.27. The summed E-state index contributed by atoms with van der Waals surface area (Å²) in [7, 11) is -3.34. The number of nitrogens with zero attached hydrogens (tertiary/aromatic N) is 4. The number of fused-ring (bicyclic) bond motifs is 1. The van der Waals surface area contributed by atoms with Gasteiger partial charge >= 0.3 is 0 Å². The summed E-state index contributed by atoms with van der Waals surface area (Å²) in [6.45, 7) is 0.984. The predicted molar refractivity (Wildman–Crippen MR) is 124 cm³/mol. The zero-order valence-corrected chi connectivity index (χ0v) is 20.3. The van der Waals surface area contributed by atoms with Crippen molar-refractivity contribution < 1.29 is 26.4 Å². The van der Waals surface area contributed by atoms with E-state index in [0.29, 0.717) is 36.1 Å². The lowest BCUT2D eigenvalue weighted by Gasteiger charge is -2.28. The van der Waals surface area contributed by atoms with Crippen LogP contribution in [0.4, 0.5) is 13.2 Å². The number of nitrogens with two attached hydrogens (primary N) is 1. The summed E-state index contributed by atoms with van der Waals surface area (Å²) in [5, 5.41) is 8.31. The van der Waals surface area contributed by atoms with E-state index in [1.807, 2.05) is 0 Å². The van der Waals surface area contributed by atoms with E-state index in [1.54, 1.807) is 21.7 Å². The molecule has 0 unspecified atom stereocenters. The summed E-state index contributed by atoms with van der Waals surface area (Å²) < 4.78 is 65.5. The lowest BCUT2D eigenvalue weighted by Crippen LogP contribution is -2.41. The third-order valence-electron chi connectivity index (χ3n) is 5.68. The molecular formula is C22H23ClF3N5O3S.